The molecule has 0 aliphatic carbocycles. The molecular weight excluding hydrogens is 359 g/mol. The number of hydrogen-bond donors (Lipinski definition) is 1. The number of ether oxygens (including phenoxy) is 1. The molecule has 4 nitrogen and oxygen atoms in total. The van der Waals surface area contributed by atoms with Gasteiger partial charge in [-0.3, -0.25) is 0 Å². The fourth-order valence-electron chi connectivity index (χ4n) is 2.35. The molecule has 1 N–H and O–H groups in total. The fourth-order valence-corrected chi connectivity index (χ4v) is 2.85. The van der Waals surface area contributed by atoms with E-state index >= 15 is 0 Å². The Morgan fingerprint density at radius 2 is 1.96 bits per heavy atom. The smallest absolute Gasteiger partial charge is 0.147 e. The minimum Gasteiger partial charge on any atom is -0.496 e. The summed E-state index contributed by atoms with van der Waals surface area (Å²) in [4.78, 5) is 0. The van der Waals surface area contributed by atoms with Crippen molar-refractivity contribution in [2.24, 2.45) is 5.10 Å². The maximum absolute atomic E-state index is 6.19. The number of rotatable bonds is 6. The average molecular weight is 375 g/mol. The average Bonchev–Trinajstić information content (AvgIpc) is 3.07. The Labute approximate surface area is 156 Å². The van der Waals surface area contributed by atoms with Crippen molar-refractivity contribution >= 4 is 29.4 Å². The first-order chi connectivity index (χ1) is 12.2. The first-order valence-electron chi connectivity index (χ1n) is 7.60. The van der Waals surface area contributed by atoms with Gasteiger partial charge in [0.25, 0.3) is 0 Å². The topological polar surface area (TPSA) is 46.8 Å². The van der Waals surface area contributed by atoms with E-state index in [0.717, 1.165) is 16.9 Å². The van der Waals surface area contributed by atoms with Crippen LogP contribution in [0.5, 0.6) is 5.75 Å². The van der Waals surface area contributed by atoms with E-state index in [2.05, 4.69) is 10.5 Å². The summed E-state index contributed by atoms with van der Waals surface area (Å²) < 4.78 is 11.0. The van der Waals surface area contributed by atoms with E-state index in [1.54, 1.807) is 25.5 Å². The van der Waals surface area contributed by atoms with Crippen LogP contribution in [0.4, 0.5) is 0 Å². The highest BCUT2D eigenvalue weighted by Crippen LogP contribution is 2.31. The summed E-state index contributed by atoms with van der Waals surface area (Å²) in [5.41, 5.74) is 4.79. The van der Waals surface area contributed by atoms with Crippen LogP contribution in [0.3, 0.4) is 0 Å². The first-order valence-corrected chi connectivity index (χ1v) is 8.36. The number of furan rings is 1. The summed E-state index contributed by atoms with van der Waals surface area (Å²) >= 11 is 12.1. The van der Waals surface area contributed by atoms with Crippen LogP contribution in [0.2, 0.25) is 10.0 Å². The van der Waals surface area contributed by atoms with E-state index in [1.165, 1.54) is 0 Å². The summed E-state index contributed by atoms with van der Waals surface area (Å²) in [6, 6.07) is 16.7. The van der Waals surface area contributed by atoms with Crippen molar-refractivity contribution in [2.45, 2.75) is 6.54 Å². The van der Waals surface area contributed by atoms with Crippen molar-refractivity contribution < 1.29 is 9.15 Å². The maximum Gasteiger partial charge on any atom is 0.147 e. The van der Waals surface area contributed by atoms with Gasteiger partial charge in [-0.25, -0.2) is 0 Å². The molecule has 0 spiro atoms. The van der Waals surface area contributed by atoms with Crippen molar-refractivity contribution in [2.75, 3.05) is 7.11 Å². The molecule has 6 heteroatoms. The zero-order chi connectivity index (χ0) is 17.6. The number of para-hydroxylation sites is 1. The van der Waals surface area contributed by atoms with Crippen LogP contribution in [0.1, 0.15) is 11.3 Å². The highest BCUT2D eigenvalue weighted by molar-refractivity contribution is 6.36. The lowest BCUT2D eigenvalue weighted by Crippen LogP contribution is -2.06. The minimum atomic E-state index is 0.541. The molecule has 0 radical (unpaired) electrons. The lowest BCUT2D eigenvalue weighted by atomic mass is 10.2. The van der Waals surface area contributed by atoms with Gasteiger partial charge in [-0.1, -0.05) is 41.4 Å². The summed E-state index contributed by atoms with van der Waals surface area (Å²) in [7, 11) is 1.65. The molecule has 128 valence electrons. The monoisotopic (exact) mass is 374 g/mol. The van der Waals surface area contributed by atoms with Gasteiger partial charge in [-0.2, -0.15) is 5.10 Å². The molecule has 0 aliphatic heterocycles. The molecular formula is C19H16Cl2N2O2. The Kier molecular flexibility index (Phi) is 5.64. The molecule has 25 heavy (non-hydrogen) atoms. The second-order valence-corrected chi connectivity index (χ2v) is 6.07. The van der Waals surface area contributed by atoms with Crippen LogP contribution in [0, 0.1) is 0 Å². The van der Waals surface area contributed by atoms with Gasteiger partial charge in [0.15, 0.2) is 0 Å². The fraction of sp³-hybridized carbons (Fsp3) is 0.105. The van der Waals surface area contributed by atoms with E-state index in [9.17, 15) is 0 Å². The van der Waals surface area contributed by atoms with Crippen LogP contribution in [-0.2, 0) is 6.54 Å². The number of benzene rings is 2. The van der Waals surface area contributed by atoms with Gasteiger partial charge in [0.2, 0.25) is 0 Å². The number of methoxy groups -OCH3 is 1. The van der Waals surface area contributed by atoms with E-state index < -0.39 is 0 Å². The third-order valence-corrected chi connectivity index (χ3v) is 4.12. The second-order valence-electron chi connectivity index (χ2n) is 5.23. The van der Waals surface area contributed by atoms with Gasteiger partial charge in [0.1, 0.15) is 17.3 Å². The summed E-state index contributed by atoms with van der Waals surface area (Å²) in [5.74, 6) is 2.10. The third kappa shape index (κ3) is 4.35. The third-order valence-electron chi connectivity index (χ3n) is 3.57. The highest BCUT2D eigenvalue weighted by Gasteiger charge is 2.08. The number of halogens is 2. The SMILES string of the molecule is COc1ccccc1CN/N=C\c1ccc(-c2ccc(Cl)cc2Cl)o1. The summed E-state index contributed by atoms with van der Waals surface area (Å²) in [6.07, 6.45) is 1.61. The molecule has 0 amide bonds. The Bertz CT molecular complexity index is 891. The predicted molar refractivity (Wildman–Crippen MR) is 102 cm³/mol. The van der Waals surface area contributed by atoms with Gasteiger partial charge in [0.05, 0.1) is 24.9 Å². The molecule has 3 aromatic rings. The van der Waals surface area contributed by atoms with Crippen molar-refractivity contribution in [1.82, 2.24) is 5.43 Å². The number of hydrazone groups is 1. The number of hydrogen-bond acceptors (Lipinski definition) is 4. The van der Waals surface area contributed by atoms with Crippen LogP contribution in [0.15, 0.2) is 64.1 Å². The van der Waals surface area contributed by atoms with E-state index in [4.69, 9.17) is 32.4 Å². The molecule has 2 aromatic carbocycles. The molecule has 0 atom stereocenters. The molecule has 0 unspecified atom stereocenters. The summed E-state index contributed by atoms with van der Waals surface area (Å²) in [5, 5.41) is 5.30. The highest BCUT2D eigenvalue weighted by atomic mass is 35.5. The molecule has 0 saturated carbocycles. The maximum atomic E-state index is 6.19. The predicted octanol–water partition coefficient (Wildman–Crippen LogP) is 5.39. The van der Waals surface area contributed by atoms with Crippen molar-refractivity contribution in [3.63, 3.8) is 0 Å². The molecule has 0 bridgehead atoms. The Morgan fingerprint density at radius 3 is 2.76 bits per heavy atom. The lowest BCUT2D eigenvalue weighted by molar-refractivity contribution is 0.408. The Balaban J connectivity index is 1.64. The molecule has 0 aliphatic rings. The van der Waals surface area contributed by atoms with E-state index in [1.807, 2.05) is 42.5 Å². The zero-order valence-corrected chi connectivity index (χ0v) is 15.0. The van der Waals surface area contributed by atoms with Crippen LogP contribution in [-0.4, -0.2) is 13.3 Å². The van der Waals surface area contributed by atoms with E-state index in [0.29, 0.717) is 28.1 Å². The van der Waals surface area contributed by atoms with Crippen molar-refractivity contribution in [3.05, 3.63) is 76.0 Å². The van der Waals surface area contributed by atoms with Gasteiger partial charge >= 0.3 is 0 Å². The standard InChI is InChI=1S/C19H16Cl2N2O2/c1-24-18-5-3-2-4-13(18)11-22-23-12-15-7-9-19(25-15)16-8-6-14(20)10-17(16)21/h2-10,12,22H,11H2,1H3/b23-12-. The Hall–Kier alpha value is -2.43. The minimum absolute atomic E-state index is 0.541. The van der Waals surface area contributed by atoms with Crippen LogP contribution < -0.4 is 10.2 Å². The first kappa shape index (κ1) is 17.4. The van der Waals surface area contributed by atoms with Crippen molar-refractivity contribution in [3.8, 4) is 17.1 Å². The second kappa shape index (κ2) is 8.10. The quantitative estimate of drug-likeness (QED) is 0.464. The van der Waals surface area contributed by atoms with Gasteiger partial charge in [-0.05, 0) is 36.4 Å². The van der Waals surface area contributed by atoms with Gasteiger partial charge in [0, 0.05) is 16.1 Å². The molecule has 1 aromatic heterocycles. The molecule has 0 fully saturated rings. The number of nitrogens with one attached hydrogen (secondary N) is 1. The molecule has 3 rings (SSSR count). The Morgan fingerprint density at radius 1 is 1.12 bits per heavy atom. The lowest BCUT2D eigenvalue weighted by Gasteiger charge is -2.06. The van der Waals surface area contributed by atoms with Crippen LogP contribution >= 0.6 is 23.2 Å². The van der Waals surface area contributed by atoms with Gasteiger partial charge in [-0.15, -0.1) is 0 Å². The number of nitrogens with zero attached hydrogens (tertiary/aromatic N) is 1. The summed E-state index contributed by atoms with van der Waals surface area (Å²) in [6.45, 7) is 0.553. The van der Waals surface area contributed by atoms with Crippen LogP contribution in [0.25, 0.3) is 11.3 Å². The normalized spacial score (nSPS) is 11.0. The zero-order valence-electron chi connectivity index (χ0n) is 13.5. The van der Waals surface area contributed by atoms with Crippen molar-refractivity contribution in [1.29, 1.82) is 0 Å². The molecule has 0 saturated heterocycles. The largest absolute Gasteiger partial charge is 0.496 e. The van der Waals surface area contributed by atoms with Gasteiger partial charge < -0.3 is 14.6 Å². The van der Waals surface area contributed by atoms with E-state index in [-0.39, 0.29) is 0 Å². The molecule has 1 heterocycles.